The number of Topliss-reactive ketones (excluding diaryl/α,β-unsaturated/α-hetero) is 1. The van der Waals surface area contributed by atoms with Gasteiger partial charge in [-0.15, -0.1) is 0 Å². The maximum atomic E-state index is 12.1. The number of carbonyl (C=O) groups is 1. The van der Waals surface area contributed by atoms with E-state index in [2.05, 4.69) is 76.2 Å². The van der Waals surface area contributed by atoms with E-state index in [1.165, 1.54) is 0 Å². The van der Waals surface area contributed by atoms with Crippen molar-refractivity contribution in [1.82, 2.24) is 0 Å². The molecule has 2 fully saturated rings. The summed E-state index contributed by atoms with van der Waals surface area (Å²) >= 11 is 0. The first kappa shape index (κ1) is 20.3. The van der Waals surface area contributed by atoms with Gasteiger partial charge in [-0.05, 0) is 56.8 Å². The first-order valence-corrected chi connectivity index (χ1v) is 10.3. The van der Waals surface area contributed by atoms with Gasteiger partial charge in [-0.25, -0.2) is 0 Å². The molecule has 4 rings (SSSR count). The van der Waals surface area contributed by atoms with Crippen molar-refractivity contribution in [2.24, 2.45) is 5.92 Å². The standard InChI is InChI=1S/C24H29BO4/c1-16(26)22(20-14-27-15-20)19-8-6-17(7-9-19)18-10-12-21(13-11-18)25-28-23(2,3)24(4,5)29-25/h6-13,20,22H,14-15H2,1-5H3. The van der Waals surface area contributed by atoms with Crippen molar-refractivity contribution < 1.29 is 18.8 Å². The van der Waals surface area contributed by atoms with E-state index in [9.17, 15) is 4.79 Å². The minimum Gasteiger partial charge on any atom is -0.399 e. The lowest BCUT2D eigenvalue weighted by Crippen LogP contribution is -2.41. The highest BCUT2D eigenvalue weighted by molar-refractivity contribution is 6.62. The van der Waals surface area contributed by atoms with Crippen molar-refractivity contribution in [3.05, 3.63) is 54.1 Å². The molecule has 4 nitrogen and oxygen atoms in total. The van der Waals surface area contributed by atoms with Crippen LogP contribution in [0.5, 0.6) is 0 Å². The summed E-state index contributed by atoms with van der Waals surface area (Å²) in [5, 5.41) is 0. The lowest BCUT2D eigenvalue weighted by molar-refractivity contribution is -0.125. The molecule has 0 spiro atoms. The summed E-state index contributed by atoms with van der Waals surface area (Å²) in [6.45, 7) is 11.3. The zero-order valence-electron chi connectivity index (χ0n) is 17.9. The molecular weight excluding hydrogens is 363 g/mol. The number of ether oxygens (including phenoxy) is 1. The number of hydrogen-bond donors (Lipinski definition) is 0. The molecule has 0 radical (unpaired) electrons. The van der Waals surface area contributed by atoms with Gasteiger partial charge in [0.25, 0.3) is 0 Å². The highest BCUT2D eigenvalue weighted by Crippen LogP contribution is 2.37. The predicted molar refractivity (Wildman–Crippen MR) is 115 cm³/mol. The van der Waals surface area contributed by atoms with Gasteiger partial charge in [0, 0.05) is 11.8 Å². The number of rotatable bonds is 5. The Kier molecular flexibility index (Phi) is 5.18. The first-order chi connectivity index (χ1) is 13.7. The van der Waals surface area contributed by atoms with E-state index in [1.807, 2.05) is 0 Å². The van der Waals surface area contributed by atoms with E-state index in [0.29, 0.717) is 19.1 Å². The molecule has 0 amide bonds. The van der Waals surface area contributed by atoms with Crippen molar-refractivity contribution in [3.8, 4) is 11.1 Å². The van der Waals surface area contributed by atoms with E-state index >= 15 is 0 Å². The molecule has 2 aliphatic heterocycles. The Bertz CT molecular complexity index is 866. The minimum atomic E-state index is -0.350. The molecule has 0 N–H and O–H groups in total. The molecule has 152 valence electrons. The van der Waals surface area contributed by atoms with Gasteiger partial charge in [0.15, 0.2) is 0 Å². The molecule has 0 aromatic heterocycles. The number of benzene rings is 2. The second kappa shape index (κ2) is 7.39. The SMILES string of the molecule is CC(=O)C(c1ccc(-c2ccc(B3OC(C)(C)C(C)(C)O3)cc2)cc1)C1COC1. The summed E-state index contributed by atoms with van der Waals surface area (Å²) in [5.41, 5.74) is 3.66. The molecule has 2 saturated heterocycles. The van der Waals surface area contributed by atoms with E-state index in [4.69, 9.17) is 14.0 Å². The zero-order valence-corrected chi connectivity index (χ0v) is 17.9. The molecule has 2 aromatic rings. The fourth-order valence-corrected chi connectivity index (χ4v) is 3.98. The Morgan fingerprint density at radius 1 is 0.897 bits per heavy atom. The number of carbonyl (C=O) groups excluding carboxylic acids is 1. The normalized spacial score (nSPS) is 21.6. The fourth-order valence-electron chi connectivity index (χ4n) is 3.98. The van der Waals surface area contributed by atoms with Crippen LogP contribution in [0.25, 0.3) is 11.1 Å². The second-order valence-corrected chi connectivity index (χ2v) is 9.22. The Balaban J connectivity index is 1.50. The van der Waals surface area contributed by atoms with Crippen LogP contribution in [0.15, 0.2) is 48.5 Å². The molecular formula is C24H29BO4. The van der Waals surface area contributed by atoms with Crippen molar-refractivity contribution in [3.63, 3.8) is 0 Å². The Morgan fingerprint density at radius 2 is 1.38 bits per heavy atom. The third-order valence-electron chi connectivity index (χ3n) is 6.61. The van der Waals surface area contributed by atoms with Crippen LogP contribution in [0.4, 0.5) is 0 Å². The second-order valence-electron chi connectivity index (χ2n) is 9.22. The third-order valence-corrected chi connectivity index (χ3v) is 6.61. The lowest BCUT2D eigenvalue weighted by Gasteiger charge is -2.32. The van der Waals surface area contributed by atoms with Crippen LogP contribution in [0.1, 0.15) is 46.1 Å². The smallest absolute Gasteiger partial charge is 0.399 e. The molecule has 0 bridgehead atoms. The average molecular weight is 392 g/mol. The zero-order chi connectivity index (χ0) is 20.8. The highest BCUT2D eigenvalue weighted by atomic mass is 16.7. The maximum Gasteiger partial charge on any atom is 0.494 e. The molecule has 5 heteroatoms. The van der Waals surface area contributed by atoms with Crippen molar-refractivity contribution in [2.75, 3.05) is 13.2 Å². The van der Waals surface area contributed by atoms with Gasteiger partial charge in [-0.3, -0.25) is 4.79 Å². The largest absolute Gasteiger partial charge is 0.494 e. The van der Waals surface area contributed by atoms with E-state index in [0.717, 1.165) is 22.2 Å². The van der Waals surface area contributed by atoms with Crippen molar-refractivity contribution in [2.45, 2.75) is 51.7 Å². The maximum absolute atomic E-state index is 12.1. The van der Waals surface area contributed by atoms with Crippen molar-refractivity contribution >= 4 is 18.4 Å². The van der Waals surface area contributed by atoms with Gasteiger partial charge in [-0.2, -0.15) is 0 Å². The number of hydrogen-bond acceptors (Lipinski definition) is 4. The molecule has 0 saturated carbocycles. The summed E-state index contributed by atoms with van der Waals surface area (Å²) < 4.78 is 17.6. The summed E-state index contributed by atoms with van der Waals surface area (Å²) in [4.78, 5) is 12.1. The fraction of sp³-hybridized carbons (Fsp3) is 0.458. The minimum absolute atomic E-state index is 0.0662. The molecule has 2 heterocycles. The van der Waals surface area contributed by atoms with Crippen LogP contribution in [-0.2, 0) is 18.8 Å². The van der Waals surface area contributed by atoms with Crippen LogP contribution in [0.2, 0.25) is 0 Å². The van der Waals surface area contributed by atoms with Crippen LogP contribution >= 0.6 is 0 Å². The average Bonchev–Trinajstić information content (AvgIpc) is 2.86. The van der Waals surface area contributed by atoms with E-state index in [-0.39, 0.29) is 30.0 Å². The monoisotopic (exact) mass is 392 g/mol. The van der Waals surface area contributed by atoms with Crippen molar-refractivity contribution in [1.29, 1.82) is 0 Å². The summed E-state index contributed by atoms with van der Waals surface area (Å²) in [6.07, 6.45) is 0. The third kappa shape index (κ3) is 3.79. The predicted octanol–water partition coefficient (Wildman–Crippen LogP) is 3.97. The van der Waals surface area contributed by atoms with Gasteiger partial charge >= 0.3 is 7.12 Å². The lowest BCUT2D eigenvalue weighted by atomic mass is 9.78. The molecule has 1 unspecified atom stereocenters. The molecule has 0 aliphatic carbocycles. The van der Waals surface area contributed by atoms with Crippen LogP contribution in [-0.4, -0.2) is 37.3 Å². The van der Waals surface area contributed by atoms with Gasteiger partial charge < -0.3 is 14.0 Å². The summed E-state index contributed by atoms with van der Waals surface area (Å²) in [7, 11) is -0.350. The van der Waals surface area contributed by atoms with Gasteiger partial charge in [0.05, 0.1) is 24.4 Å². The summed E-state index contributed by atoms with van der Waals surface area (Å²) in [6, 6.07) is 16.6. The van der Waals surface area contributed by atoms with Crippen LogP contribution in [0.3, 0.4) is 0 Å². The first-order valence-electron chi connectivity index (χ1n) is 10.3. The highest BCUT2D eigenvalue weighted by Gasteiger charge is 2.51. The molecule has 2 aromatic carbocycles. The topological polar surface area (TPSA) is 44.8 Å². The quantitative estimate of drug-likeness (QED) is 0.723. The Hall–Kier alpha value is -1.95. The number of ketones is 1. The van der Waals surface area contributed by atoms with E-state index in [1.54, 1.807) is 6.92 Å². The van der Waals surface area contributed by atoms with Crippen LogP contribution in [0, 0.1) is 5.92 Å². The summed E-state index contributed by atoms with van der Waals surface area (Å²) in [5.74, 6) is 0.443. The Labute approximate surface area is 173 Å². The van der Waals surface area contributed by atoms with Crippen LogP contribution < -0.4 is 5.46 Å². The Morgan fingerprint density at radius 3 is 1.79 bits per heavy atom. The van der Waals surface area contributed by atoms with Gasteiger partial charge in [0.2, 0.25) is 0 Å². The van der Waals surface area contributed by atoms with Gasteiger partial charge in [0.1, 0.15) is 5.78 Å². The molecule has 29 heavy (non-hydrogen) atoms. The van der Waals surface area contributed by atoms with E-state index < -0.39 is 0 Å². The van der Waals surface area contributed by atoms with Gasteiger partial charge in [-0.1, -0.05) is 48.5 Å². The molecule has 1 atom stereocenters. The molecule has 2 aliphatic rings.